The van der Waals surface area contributed by atoms with Gasteiger partial charge in [-0.05, 0) is 83.7 Å². The summed E-state index contributed by atoms with van der Waals surface area (Å²) in [6, 6.07) is 10.4. The van der Waals surface area contributed by atoms with E-state index in [1.807, 2.05) is 43.9 Å². The molecule has 0 spiro atoms. The molecule has 3 saturated heterocycles. The van der Waals surface area contributed by atoms with Crippen molar-refractivity contribution in [1.29, 1.82) is 0 Å². The topological polar surface area (TPSA) is 97.3 Å². The van der Waals surface area contributed by atoms with Crippen molar-refractivity contribution in [1.82, 2.24) is 24.9 Å². The molecule has 4 aliphatic heterocycles. The summed E-state index contributed by atoms with van der Waals surface area (Å²) in [5.41, 5.74) is 2.06. The predicted molar refractivity (Wildman–Crippen MR) is 160 cm³/mol. The van der Waals surface area contributed by atoms with Gasteiger partial charge in [0, 0.05) is 57.4 Å². The summed E-state index contributed by atoms with van der Waals surface area (Å²) in [4.78, 5) is 22.1. The number of hydrogen-bond acceptors (Lipinski definition) is 9. The molecule has 2 aromatic rings. The number of benzene rings is 1. The first-order chi connectivity index (χ1) is 19.7. The standard InChI is InChI=1S/C31H45N7O3/c1-31(2,3)41-30(40)37-14-10-23(11-15-37)36-12-8-22(9-13-36)20-35-16-17-38-24(21-35)19-32-29-27(38)18-26(33-34-29)25-6-4-5-7-28(25)39/h4-7,18,22-24,39H,8-17,19-21H2,1-3H3,(H,32,34). The van der Waals surface area contributed by atoms with Crippen molar-refractivity contribution in [3.05, 3.63) is 30.3 Å². The second-order valence-corrected chi connectivity index (χ2v) is 13.1. The molecule has 1 unspecified atom stereocenters. The largest absolute Gasteiger partial charge is 0.507 e. The first-order valence-corrected chi connectivity index (χ1v) is 15.3. The third-order valence-corrected chi connectivity index (χ3v) is 9.13. The van der Waals surface area contributed by atoms with Crippen molar-refractivity contribution in [2.45, 2.75) is 64.1 Å². The number of ether oxygens (including phenoxy) is 1. The quantitative estimate of drug-likeness (QED) is 0.575. The number of hydrogen-bond donors (Lipinski definition) is 2. The number of nitrogens with zero attached hydrogens (tertiary/aromatic N) is 6. The molecule has 1 atom stereocenters. The number of anilines is 2. The summed E-state index contributed by atoms with van der Waals surface area (Å²) in [7, 11) is 0. The van der Waals surface area contributed by atoms with Crippen LogP contribution in [0.5, 0.6) is 5.75 Å². The molecule has 41 heavy (non-hydrogen) atoms. The predicted octanol–water partition coefficient (Wildman–Crippen LogP) is 3.88. The third kappa shape index (κ3) is 6.38. The van der Waals surface area contributed by atoms with Crippen LogP contribution in [0.25, 0.3) is 11.3 Å². The van der Waals surface area contributed by atoms with E-state index in [4.69, 9.17) is 4.74 Å². The first-order valence-electron chi connectivity index (χ1n) is 15.3. The van der Waals surface area contributed by atoms with Crippen molar-refractivity contribution in [2.75, 3.05) is 69.1 Å². The number of piperidine rings is 2. The van der Waals surface area contributed by atoms with Crippen LogP contribution in [0, 0.1) is 5.92 Å². The van der Waals surface area contributed by atoms with Gasteiger partial charge in [-0.3, -0.25) is 4.90 Å². The molecule has 6 rings (SSSR count). The Morgan fingerprint density at radius 3 is 2.49 bits per heavy atom. The Bertz CT molecular complexity index is 1220. The number of fused-ring (bicyclic) bond motifs is 3. The van der Waals surface area contributed by atoms with E-state index >= 15 is 0 Å². The molecule has 3 fully saturated rings. The molecule has 1 amide bonds. The van der Waals surface area contributed by atoms with Gasteiger partial charge in [-0.15, -0.1) is 10.2 Å². The number of piperazine rings is 1. The number of aromatic nitrogens is 2. The number of aromatic hydroxyl groups is 1. The average molecular weight is 564 g/mol. The van der Waals surface area contributed by atoms with Crippen molar-refractivity contribution < 1.29 is 14.6 Å². The lowest BCUT2D eigenvalue weighted by Gasteiger charge is -2.47. The molecule has 0 bridgehead atoms. The van der Waals surface area contributed by atoms with Gasteiger partial charge in [0.1, 0.15) is 11.4 Å². The lowest BCUT2D eigenvalue weighted by Crippen LogP contribution is -2.58. The van der Waals surface area contributed by atoms with Gasteiger partial charge < -0.3 is 29.9 Å². The first kappa shape index (κ1) is 28.0. The fourth-order valence-electron chi connectivity index (χ4n) is 6.95. The average Bonchev–Trinajstić information content (AvgIpc) is 2.96. The zero-order chi connectivity index (χ0) is 28.6. The van der Waals surface area contributed by atoms with E-state index in [0.29, 0.717) is 23.3 Å². The smallest absolute Gasteiger partial charge is 0.410 e. The molecule has 10 nitrogen and oxygen atoms in total. The lowest BCUT2D eigenvalue weighted by molar-refractivity contribution is 0.0111. The molecule has 10 heteroatoms. The van der Waals surface area contributed by atoms with Crippen LogP contribution in [0.15, 0.2) is 30.3 Å². The van der Waals surface area contributed by atoms with Gasteiger partial charge in [-0.2, -0.15) is 0 Å². The molecule has 222 valence electrons. The van der Waals surface area contributed by atoms with Gasteiger partial charge in [0.15, 0.2) is 5.82 Å². The number of nitrogens with one attached hydrogen (secondary N) is 1. The second-order valence-electron chi connectivity index (χ2n) is 13.1. The summed E-state index contributed by atoms with van der Waals surface area (Å²) >= 11 is 0. The van der Waals surface area contributed by atoms with Crippen LogP contribution in [0.1, 0.15) is 46.5 Å². The monoisotopic (exact) mass is 563 g/mol. The van der Waals surface area contributed by atoms with Crippen LogP contribution in [-0.2, 0) is 4.74 Å². The molecular formula is C31H45N7O3. The summed E-state index contributed by atoms with van der Waals surface area (Å²) in [6.45, 7) is 14.8. The Hall–Kier alpha value is -3.11. The van der Waals surface area contributed by atoms with E-state index in [-0.39, 0.29) is 11.8 Å². The SMILES string of the molecule is CC(C)(C)OC(=O)N1CCC(N2CCC(CN3CCN4c5cc(-c6ccccc6O)nnc5NCC4C3)CC2)CC1. The van der Waals surface area contributed by atoms with Crippen LogP contribution in [0.4, 0.5) is 16.3 Å². The van der Waals surface area contributed by atoms with Crippen molar-refractivity contribution in [3.8, 4) is 17.0 Å². The minimum Gasteiger partial charge on any atom is -0.507 e. The second kappa shape index (κ2) is 11.6. The van der Waals surface area contributed by atoms with Gasteiger partial charge in [0.25, 0.3) is 0 Å². The highest BCUT2D eigenvalue weighted by atomic mass is 16.6. The maximum absolute atomic E-state index is 12.4. The highest BCUT2D eigenvalue weighted by molar-refractivity contribution is 5.76. The summed E-state index contributed by atoms with van der Waals surface area (Å²) < 4.78 is 5.57. The molecule has 0 aliphatic carbocycles. The van der Waals surface area contributed by atoms with Crippen molar-refractivity contribution in [2.24, 2.45) is 5.92 Å². The zero-order valence-electron chi connectivity index (χ0n) is 24.8. The van der Waals surface area contributed by atoms with Gasteiger partial charge in [0.05, 0.1) is 17.4 Å². The normalized spacial score (nSPS) is 23.0. The molecule has 4 aliphatic rings. The van der Waals surface area contributed by atoms with Gasteiger partial charge in [-0.1, -0.05) is 12.1 Å². The number of para-hydroxylation sites is 1. The molecule has 0 saturated carbocycles. The maximum Gasteiger partial charge on any atom is 0.410 e. The van der Waals surface area contributed by atoms with E-state index in [1.54, 1.807) is 6.07 Å². The van der Waals surface area contributed by atoms with Crippen LogP contribution in [0.3, 0.4) is 0 Å². The van der Waals surface area contributed by atoms with Crippen LogP contribution < -0.4 is 10.2 Å². The number of likely N-dealkylation sites (tertiary alicyclic amines) is 2. The minimum absolute atomic E-state index is 0.171. The number of rotatable bonds is 4. The molecule has 1 aromatic carbocycles. The number of amides is 1. The number of carbonyl (C=O) groups excluding carboxylic acids is 1. The Balaban J connectivity index is 0.977. The van der Waals surface area contributed by atoms with E-state index in [2.05, 4.69) is 36.3 Å². The van der Waals surface area contributed by atoms with Gasteiger partial charge >= 0.3 is 6.09 Å². The molecule has 1 aromatic heterocycles. The van der Waals surface area contributed by atoms with Gasteiger partial charge in [-0.25, -0.2) is 4.79 Å². The highest BCUT2D eigenvalue weighted by Gasteiger charge is 2.35. The van der Waals surface area contributed by atoms with Crippen LogP contribution >= 0.6 is 0 Å². The Labute approximate surface area is 243 Å². The fourth-order valence-corrected chi connectivity index (χ4v) is 6.95. The van der Waals surface area contributed by atoms with E-state index in [1.165, 1.54) is 19.4 Å². The number of phenolic OH excluding ortho intramolecular Hbond substituents is 1. The zero-order valence-corrected chi connectivity index (χ0v) is 24.8. The Morgan fingerprint density at radius 1 is 1.00 bits per heavy atom. The van der Waals surface area contributed by atoms with E-state index in [9.17, 15) is 9.90 Å². The minimum atomic E-state index is -0.439. The Morgan fingerprint density at radius 2 is 1.76 bits per heavy atom. The third-order valence-electron chi connectivity index (χ3n) is 9.13. The van der Waals surface area contributed by atoms with E-state index in [0.717, 1.165) is 82.6 Å². The van der Waals surface area contributed by atoms with Crippen LogP contribution in [0.2, 0.25) is 0 Å². The highest BCUT2D eigenvalue weighted by Crippen LogP contribution is 2.36. The molecule has 0 radical (unpaired) electrons. The summed E-state index contributed by atoms with van der Waals surface area (Å²) in [6.07, 6.45) is 4.40. The fraction of sp³-hybridized carbons (Fsp3) is 0.645. The molecular weight excluding hydrogens is 518 g/mol. The molecule has 2 N–H and O–H groups in total. The Kier molecular flexibility index (Phi) is 7.96. The van der Waals surface area contributed by atoms with Crippen molar-refractivity contribution >= 4 is 17.6 Å². The summed E-state index contributed by atoms with van der Waals surface area (Å²) in [5, 5.41) is 22.7. The number of carbonyl (C=O) groups is 1. The summed E-state index contributed by atoms with van der Waals surface area (Å²) in [5.74, 6) is 1.80. The lowest BCUT2D eigenvalue weighted by atomic mass is 9.92. The van der Waals surface area contributed by atoms with Gasteiger partial charge in [0.2, 0.25) is 0 Å². The van der Waals surface area contributed by atoms with Crippen molar-refractivity contribution in [3.63, 3.8) is 0 Å². The molecule has 5 heterocycles. The van der Waals surface area contributed by atoms with E-state index < -0.39 is 5.60 Å². The maximum atomic E-state index is 12.4. The van der Waals surface area contributed by atoms with Crippen LogP contribution in [-0.4, -0.2) is 113 Å². The number of phenols is 1.